The molecule has 2 atom stereocenters. The fourth-order valence-electron chi connectivity index (χ4n) is 1.47. The highest BCUT2D eigenvalue weighted by Crippen LogP contribution is 2.42. The highest BCUT2D eigenvalue weighted by molar-refractivity contribution is 7.52. The molecule has 0 aliphatic rings. The van der Waals surface area contributed by atoms with Crippen molar-refractivity contribution in [3.63, 3.8) is 0 Å². The zero-order chi connectivity index (χ0) is 14.6. The summed E-state index contributed by atoms with van der Waals surface area (Å²) in [5.41, 5.74) is 4.31. The third kappa shape index (κ3) is 4.24. The smallest absolute Gasteiger partial charge is 0.329 e. The average Bonchev–Trinajstić information content (AvgIpc) is 2.36. The fraction of sp³-hybridized carbons (Fsp3) is 0.636. The van der Waals surface area contributed by atoms with Crippen molar-refractivity contribution in [2.75, 3.05) is 18.4 Å². The van der Waals surface area contributed by atoms with Crippen molar-refractivity contribution in [3.05, 3.63) is 26.0 Å². The zero-order valence-electron chi connectivity index (χ0n) is 11.0. The van der Waals surface area contributed by atoms with Crippen LogP contribution < -0.4 is 21.9 Å². The summed E-state index contributed by atoms with van der Waals surface area (Å²) in [4.78, 5) is 31.5. The molecule has 7 nitrogen and oxygen atoms in total. The molecule has 1 aromatic carbocycles. The number of nitrogens with one attached hydrogen (secondary N) is 1. The molecule has 4 N–H and O–H groups in total. The molecule has 1 rings (SSSR count). The van der Waals surface area contributed by atoms with Gasteiger partial charge in [-0.1, -0.05) is 6.92 Å². The molecule has 0 amide bonds. The quantitative estimate of drug-likeness (QED) is 0.349. The largest absolute Gasteiger partial charge is 0.395 e. The van der Waals surface area contributed by atoms with E-state index in [9.17, 15) is 19.0 Å². The van der Waals surface area contributed by atoms with Crippen molar-refractivity contribution in [2.45, 2.75) is 32.9 Å². The molecule has 0 saturated heterocycles. The Hall–Kier alpha value is -1.01. The van der Waals surface area contributed by atoms with Gasteiger partial charge in [0, 0.05) is 18.7 Å². The number of rotatable bonds is 8. The van der Waals surface area contributed by atoms with Crippen molar-refractivity contribution in [1.82, 2.24) is 5.32 Å². The first kappa shape index (κ1) is 16.0. The van der Waals surface area contributed by atoms with Gasteiger partial charge in [-0.25, -0.2) is 0 Å². The van der Waals surface area contributed by atoms with E-state index in [1.54, 1.807) is 6.92 Å². The normalized spacial score (nSPS) is 16.4. The van der Waals surface area contributed by atoms with Gasteiger partial charge in [0.2, 0.25) is 10.9 Å². The summed E-state index contributed by atoms with van der Waals surface area (Å²) in [7, 11) is -3.62. The molecule has 108 valence electrons. The van der Waals surface area contributed by atoms with E-state index in [4.69, 9.17) is 10.3 Å². The summed E-state index contributed by atoms with van der Waals surface area (Å²) in [6, 6.07) is 0. The van der Waals surface area contributed by atoms with Crippen molar-refractivity contribution < 1.29 is 14.0 Å². The van der Waals surface area contributed by atoms with E-state index in [1.807, 2.05) is 6.92 Å². The predicted octanol–water partition coefficient (Wildman–Crippen LogP) is -0.0451. The molecule has 2 unspecified atom stereocenters. The third-order valence-corrected chi connectivity index (χ3v) is 4.32. The van der Waals surface area contributed by atoms with Crippen LogP contribution in [0.15, 0.2) is 9.59 Å². The maximum atomic E-state index is 11.6. The Morgan fingerprint density at radius 1 is 1.42 bits per heavy atom. The van der Waals surface area contributed by atoms with Crippen LogP contribution in [0, 0.1) is 0 Å². The van der Waals surface area contributed by atoms with Gasteiger partial charge >= 0.3 is 7.60 Å². The fourth-order valence-corrected chi connectivity index (χ4v) is 2.73. The topological polar surface area (TPSA) is 119 Å². The van der Waals surface area contributed by atoms with E-state index in [2.05, 4.69) is 5.32 Å². The van der Waals surface area contributed by atoms with E-state index in [0.717, 1.165) is 0 Å². The summed E-state index contributed by atoms with van der Waals surface area (Å²) < 4.78 is 16.6. The molecular weight excluding hydrogens is 271 g/mol. The molecule has 0 aliphatic carbocycles. The van der Waals surface area contributed by atoms with Crippen LogP contribution in [-0.4, -0.2) is 23.7 Å². The minimum absolute atomic E-state index is 0.0273. The van der Waals surface area contributed by atoms with Crippen LogP contribution >= 0.6 is 7.60 Å². The van der Waals surface area contributed by atoms with E-state index >= 15 is 0 Å². The van der Waals surface area contributed by atoms with E-state index < -0.39 is 18.5 Å². The second kappa shape index (κ2) is 6.43. The van der Waals surface area contributed by atoms with Crippen LogP contribution in [0.5, 0.6) is 0 Å². The molecule has 1 aromatic rings. The second-order valence-corrected chi connectivity index (χ2v) is 6.35. The standard InChI is InChI=1S/C11H19N2O5P/c1-3-7(2)18-19(16,17)5-4-13-6-8-9(12)11(15)10(8)14/h7,13H,3-6,12H2,1-2H3,(H,16,17). The molecule has 0 heterocycles. The predicted molar refractivity (Wildman–Crippen MR) is 73.0 cm³/mol. The van der Waals surface area contributed by atoms with Crippen LogP contribution in [0.4, 0.5) is 5.69 Å². The summed E-state index contributed by atoms with van der Waals surface area (Å²) in [6.07, 6.45) is 0.310. The zero-order valence-corrected chi connectivity index (χ0v) is 11.9. The Balaban J connectivity index is 2.34. The second-order valence-electron chi connectivity index (χ2n) is 4.41. The lowest BCUT2D eigenvalue weighted by Gasteiger charge is -2.17. The Bertz CT molecular complexity index is 549. The van der Waals surface area contributed by atoms with Crippen LogP contribution in [0.1, 0.15) is 25.8 Å². The molecule has 0 aliphatic heterocycles. The molecule has 0 spiro atoms. The van der Waals surface area contributed by atoms with E-state index in [0.29, 0.717) is 6.42 Å². The summed E-state index contributed by atoms with van der Waals surface area (Å²) in [6.45, 7) is 3.90. The Morgan fingerprint density at radius 3 is 2.58 bits per heavy atom. The number of hydrogen-bond donors (Lipinski definition) is 3. The van der Waals surface area contributed by atoms with Gasteiger partial charge in [-0.2, -0.15) is 0 Å². The molecule has 0 saturated carbocycles. The van der Waals surface area contributed by atoms with E-state index in [-0.39, 0.29) is 36.6 Å². The lowest BCUT2D eigenvalue weighted by Crippen LogP contribution is -2.40. The highest BCUT2D eigenvalue weighted by Gasteiger charge is 2.22. The van der Waals surface area contributed by atoms with Gasteiger partial charge in [-0.15, -0.1) is 0 Å². The number of anilines is 1. The molecule has 0 aromatic heterocycles. The number of nitrogens with two attached hydrogens (primary N) is 1. The lowest BCUT2D eigenvalue weighted by molar-refractivity contribution is 0.185. The monoisotopic (exact) mass is 290 g/mol. The Labute approximate surface area is 111 Å². The maximum absolute atomic E-state index is 11.6. The van der Waals surface area contributed by atoms with Gasteiger partial charge in [0.15, 0.2) is 0 Å². The van der Waals surface area contributed by atoms with Gasteiger partial charge in [0.25, 0.3) is 0 Å². The molecule has 0 bridgehead atoms. The summed E-state index contributed by atoms with van der Waals surface area (Å²) in [5, 5.41) is 2.79. The van der Waals surface area contributed by atoms with E-state index in [1.165, 1.54) is 0 Å². The number of hydrogen-bond acceptors (Lipinski definition) is 6. The van der Waals surface area contributed by atoms with Crippen molar-refractivity contribution >= 4 is 13.3 Å². The Morgan fingerprint density at radius 2 is 2.05 bits per heavy atom. The van der Waals surface area contributed by atoms with Crippen molar-refractivity contribution in [2.24, 2.45) is 0 Å². The number of nitrogen functional groups attached to an aromatic ring is 1. The first-order valence-electron chi connectivity index (χ1n) is 6.07. The van der Waals surface area contributed by atoms with Gasteiger partial charge < -0.3 is 20.5 Å². The molecule has 0 fully saturated rings. The molecule has 8 heteroatoms. The van der Waals surface area contributed by atoms with Crippen LogP contribution in [0.3, 0.4) is 0 Å². The third-order valence-electron chi connectivity index (χ3n) is 2.84. The maximum Gasteiger partial charge on any atom is 0.329 e. The minimum Gasteiger partial charge on any atom is -0.395 e. The van der Waals surface area contributed by atoms with Crippen molar-refractivity contribution in [1.29, 1.82) is 0 Å². The summed E-state index contributed by atoms with van der Waals surface area (Å²) in [5.74, 6) is 0. The van der Waals surface area contributed by atoms with Crippen molar-refractivity contribution in [3.8, 4) is 0 Å². The van der Waals surface area contributed by atoms with Crippen LogP contribution in [0.25, 0.3) is 0 Å². The highest BCUT2D eigenvalue weighted by atomic mass is 31.2. The Kier molecular flexibility index (Phi) is 5.43. The minimum atomic E-state index is -3.62. The molecule has 19 heavy (non-hydrogen) atoms. The molecular formula is C11H19N2O5P. The summed E-state index contributed by atoms with van der Waals surface area (Å²) >= 11 is 0. The molecule has 0 radical (unpaired) electrons. The van der Waals surface area contributed by atoms with Crippen LogP contribution in [0.2, 0.25) is 0 Å². The van der Waals surface area contributed by atoms with Gasteiger partial charge in [-0.05, 0) is 13.3 Å². The lowest BCUT2D eigenvalue weighted by atomic mass is 10.1. The average molecular weight is 290 g/mol. The first-order valence-corrected chi connectivity index (χ1v) is 7.83. The SMILES string of the molecule is CCC(C)OP(=O)(O)CCNCc1c(N)c(=O)c1=O. The first-order chi connectivity index (χ1) is 8.78. The van der Waals surface area contributed by atoms with Gasteiger partial charge in [0.1, 0.15) is 0 Å². The van der Waals surface area contributed by atoms with Gasteiger partial charge in [0.05, 0.1) is 18.0 Å². The van der Waals surface area contributed by atoms with Gasteiger partial charge in [-0.3, -0.25) is 14.2 Å². The van der Waals surface area contributed by atoms with Crippen LogP contribution in [-0.2, 0) is 15.6 Å².